The lowest BCUT2D eigenvalue weighted by atomic mass is 10.1. The van der Waals surface area contributed by atoms with Crippen molar-refractivity contribution in [1.82, 2.24) is 24.6 Å². The highest BCUT2D eigenvalue weighted by Crippen LogP contribution is 2.03. The van der Waals surface area contributed by atoms with E-state index in [2.05, 4.69) is 29.2 Å². The lowest BCUT2D eigenvalue weighted by molar-refractivity contribution is -0.121. The van der Waals surface area contributed by atoms with Gasteiger partial charge in [-0.3, -0.25) is 18.8 Å². The molecule has 0 atom stereocenters. The number of aromatic nitrogens is 4. The molecule has 2 heterocycles. The monoisotopic (exact) mass is 291 g/mol. The van der Waals surface area contributed by atoms with Crippen LogP contribution in [0.1, 0.15) is 26.7 Å². The first-order valence-corrected chi connectivity index (χ1v) is 7.13. The Morgan fingerprint density at radius 2 is 2.19 bits per heavy atom. The van der Waals surface area contributed by atoms with Crippen LogP contribution in [0.5, 0.6) is 0 Å². The van der Waals surface area contributed by atoms with E-state index in [0.29, 0.717) is 23.5 Å². The van der Waals surface area contributed by atoms with Crippen molar-refractivity contribution in [3.63, 3.8) is 0 Å². The van der Waals surface area contributed by atoms with Gasteiger partial charge < -0.3 is 5.32 Å². The summed E-state index contributed by atoms with van der Waals surface area (Å²) in [4.78, 5) is 28.2. The van der Waals surface area contributed by atoms with E-state index in [1.54, 1.807) is 7.05 Å². The minimum atomic E-state index is -0.245. The average Bonchev–Trinajstić information content (AvgIpc) is 2.80. The molecule has 0 aliphatic rings. The number of fused-ring (bicyclic) bond motifs is 1. The summed E-state index contributed by atoms with van der Waals surface area (Å²) in [6.45, 7) is 4.92. The Balaban J connectivity index is 1.98. The van der Waals surface area contributed by atoms with Crippen LogP contribution < -0.4 is 10.9 Å². The fourth-order valence-electron chi connectivity index (χ4n) is 2.13. The van der Waals surface area contributed by atoms with Crippen molar-refractivity contribution < 1.29 is 4.79 Å². The zero-order valence-corrected chi connectivity index (χ0v) is 12.7. The molecule has 2 aromatic rings. The van der Waals surface area contributed by atoms with Crippen molar-refractivity contribution in [2.24, 2.45) is 13.0 Å². The second kappa shape index (κ2) is 6.51. The number of rotatable bonds is 6. The van der Waals surface area contributed by atoms with Crippen LogP contribution >= 0.6 is 0 Å². The predicted molar refractivity (Wildman–Crippen MR) is 79.9 cm³/mol. The number of nitrogens with zero attached hydrogens (tertiary/aromatic N) is 4. The van der Waals surface area contributed by atoms with Gasteiger partial charge >= 0.3 is 0 Å². The number of carbonyl (C=O) groups excluding carboxylic acids is 1. The molecule has 1 amide bonds. The molecular weight excluding hydrogens is 270 g/mol. The minimum Gasteiger partial charge on any atom is -0.355 e. The molecule has 114 valence electrons. The standard InChI is InChI=1S/C14H21N5O2/c1-10(2)5-4-6-15-12(20)8-19-9-16-13-11(14(19)21)7-17-18(13)3/h7,9-10H,4-6,8H2,1-3H3,(H,15,20). The summed E-state index contributed by atoms with van der Waals surface area (Å²) in [6.07, 6.45) is 4.88. The second-order valence-electron chi connectivity index (χ2n) is 5.57. The highest BCUT2D eigenvalue weighted by Gasteiger charge is 2.10. The van der Waals surface area contributed by atoms with Gasteiger partial charge in [0.2, 0.25) is 5.91 Å². The Kier molecular flexibility index (Phi) is 4.72. The van der Waals surface area contributed by atoms with E-state index < -0.39 is 0 Å². The topological polar surface area (TPSA) is 81.8 Å². The number of nitrogens with one attached hydrogen (secondary N) is 1. The Bertz CT molecular complexity index is 686. The van der Waals surface area contributed by atoms with Crippen molar-refractivity contribution in [2.45, 2.75) is 33.2 Å². The van der Waals surface area contributed by atoms with Gasteiger partial charge in [-0.15, -0.1) is 0 Å². The summed E-state index contributed by atoms with van der Waals surface area (Å²) >= 11 is 0. The molecule has 0 saturated carbocycles. The second-order valence-corrected chi connectivity index (χ2v) is 5.57. The molecule has 7 nitrogen and oxygen atoms in total. The highest BCUT2D eigenvalue weighted by molar-refractivity contribution is 5.77. The Hall–Kier alpha value is -2.18. The average molecular weight is 291 g/mol. The summed E-state index contributed by atoms with van der Waals surface area (Å²) in [5.74, 6) is 0.451. The van der Waals surface area contributed by atoms with E-state index >= 15 is 0 Å². The number of hydrogen-bond acceptors (Lipinski definition) is 4. The van der Waals surface area contributed by atoms with Gasteiger partial charge in [-0.25, -0.2) is 4.98 Å². The molecular formula is C14H21N5O2. The van der Waals surface area contributed by atoms with Crippen LogP contribution in [0, 0.1) is 5.92 Å². The summed E-state index contributed by atoms with van der Waals surface area (Å²) in [7, 11) is 1.72. The van der Waals surface area contributed by atoms with Crippen LogP contribution in [0.2, 0.25) is 0 Å². The molecule has 2 rings (SSSR count). The summed E-state index contributed by atoms with van der Waals surface area (Å²) in [6, 6.07) is 0. The molecule has 7 heteroatoms. The van der Waals surface area contributed by atoms with E-state index in [-0.39, 0.29) is 18.0 Å². The quantitative estimate of drug-likeness (QED) is 0.794. The van der Waals surface area contributed by atoms with Crippen molar-refractivity contribution >= 4 is 16.9 Å². The molecule has 2 aromatic heterocycles. The maximum Gasteiger partial charge on any atom is 0.264 e. The van der Waals surface area contributed by atoms with E-state index in [1.165, 1.54) is 21.8 Å². The van der Waals surface area contributed by atoms with Gasteiger partial charge in [0.15, 0.2) is 5.65 Å². The van der Waals surface area contributed by atoms with Gasteiger partial charge in [-0.1, -0.05) is 13.8 Å². The fraction of sp³-hybridized carbons (Fsp3) is 0.571. The maximum absolute atomic E-state index is 12.2. The van der Waals surface area contributed by atoms with Crippen LogP contribution in [-0.2, 0) is 18.4 Å². The molecule has 0 aliphatic carbocycles. The first kappa shape index (κ1) is 15.2. The third kappa shape index (κ3) is 3.68. The molecule has 0 fully saturated rings. The molecule has 0 radical (unpaired) electrons. The van der Waals surface area contributed by atoms with Crippen molar-refractivity contribution in [3.05, 3.63) is 22.9 Å². The van der Waals surface area contributed by atoms with Crippen LogP contribution in [0.15, 0.2) is 17.3 Å². The minimum absolute atomic E-state index is 0.0155. The third-order valence-corrected chi connectivity index (χ3v) is 3.31. The van der Waals surface area contributed by atoms with E-state index in [4.69, 9.17) is 0 Å². The van der Waals surface area contributed by atoms with E-state index in [0.717, 1.165) is 12.8 Å². The normalized spacial score (nSPS) is 11.2. The molecule has 1 N–H and O–H groups in total. The van der Waals surface area contributed by atoms with Gasteiger partial charge in [0.1, 0.15) is 18.3 Å². The van der Waals surface area contributed by atoms with Crippen molar-refractivity contribution in [3.8, 4) is 0 Å². The number of amides is 1. The number of hydrogen-bond donors (Lipinski definition) is 1. The van der Waals surface area contributed by atoms with Gasteiger partial charge in [0.05, 0.1) is 6.20 Å². The van der Waals surface area contributed by atoms with Crippen LogP contribution in [0.4, 0.5) is 0 Å². The largest absolute Gasteiger partial charge is 0.355 e. The molecule has 0 spiro atoms. The zero-order chi connectivity index (χ0) is 15.4. The first-order valence-electron chi connectivity index (χ1n) is 7.13. The molecule has 0 unspecified atom stereocenters. The van der Waals surface area contributed by atoms with Gasteiger partial charge in [0.25, 0.3) is 5.56 Å². The number of aryl methyl sites for hydroxylation is 1. The van der Waals surface area contributed by atoms with Gasteiger partial charge in [0, 0.05) is 13.6 Å². The third-order valence-electron chi connectivity index (χ3n) is 3.31. The molecule has 21 heavy (non-hydrogen) atoms. The summed E-state index contributed by atoms with van der Waals surface area (Å²) in [5, 5.41) is 7.24. The van der Waals surface area contributed by atoms with Crippen LogP contribution in [0.25, 0.3) is 11.0 Å². The Morgan fingerprint density at radius 1 is 1.43 bits per heavy atom. The first-order chi connectivity index (χ1) is 9.99. The smallest absolute Gasteiger partial charge is 0.264 e. The van der Waals surface area contributed by atoms with Crippen molar-refractivity contribution in [2.75, 3.05) is 6.54 Å². The lowest BCUT2D eigenvalue weighted by Crippen LogP contribution is -2.33. The van der Waals surface area contributed by atoms with Crippen LogP contribution in [-0.4, -0.2) is 31.8 Å². The van der Waals surface area contributed by atoms with Crippen molar-refractivity contribution in [1.29, 1.82) is 0 Å². The van der Waals surface area contributed by atoms with E-state index in [1.807, 2.05) is 0 Å². The maximum atomic E-state index is 12.2. The Morgan fingerprint density at radius 3 is 2.90 bits per heavy atom. The lowest BCUT2D eigenvalue weighted by Gasteiger charge is -2.08. The number of carbonyl (C=O) groups is 1. The van der Waals surface area contributed by atoms with Gasteiger partial charge in [-0.2, -0.15) is 5.10 Å². The molecule has 0 saturated heterocycles. The summed E-state index contributed by atoms with van der Waals surface area (Å²) < 4.78 is 2.84. The molecule has 0 aliphatic heterocycles. The highest BCUT2D eigenvalue weighted by atomic mass is 16.2. The SMILES string of the molecule is CC(C)CCCNC(=O)Cn1cnc2c(cnn2C)c1=O. The fourth-order valence-corrected chi connectivity index (χ4v) is 2.13. The molecule has 0 bridgehead atoms. The van der Waals surface area contributed by atoms with Crippen LogP contribution in [0.3, 0.4) is 0 Å². The van der Waals surface area contributed by atoms with Gasteiger partial charge in [-0.05, 0) is 18.8 Å². The molecule has 0 aromatic carbocycles. The van der Waals surface area contributed by atoms with E-state index in [9.17, 15) is 9.59 Å². The summed E-state index contributed by atoms with van der Waals surface area (Å²) in [5.41, 5.74) is 0.277. The Labute approximate surface area is 123 Å². The predicted octanol–water partition coefficient (Wildman–Crippen LogP) is 0.682. The zero-order valence-electron chi connectivity index (χ0n) is 12.7.